The van der Waals surface area contributed by atoms with E-state index in [0.717, 1.165) is 5.56 Å². The van der Waals surface area contributed by atoms with Crippen molar-refractivity contribution in [2.24, 2.45) is 0 Å². The van der Waals surface area contributed by atoms with Gasteiger partial charge in [-0.15, -0.1) is 0 Å². The number of halogens is 1. The third-order valence-corrected chi connectivity index (χ3v) is 3.78. The molecule has 2 aromatic rings. The average molecular weight is 334 g/mol. The first-order valence-electron chi connectivity index (χ1n) is 7.46. The number of carbonyl (C=O) groups is 1. The first-order valence-corrected chi connectivity index (χ1v) is 7.84. The summed E-state index contributed by atoms with van der Waals surface area (Å²) in [5, 5.41) is 3.49. The van der Waals surface area contributed by atoms with Crippen LogP contribution >= 0.6 is 11.6 Å². The van der Waals surface area contributed by atoms with Crippen LogP contribution < -0.4 is 14.8 Å². The van der Waals surface area contributed by atoms with Crippen LogP contribution in [0, 0.1) is 0 Å². The van der Waals surface area contributed by atoms with Crippen LogP contribution in [0.15, 0.2) is 48.5 Å². The molecule has 2 rings (SSSR count). The van der Waals surface area contributed by atoms with Crippen molar-refractivity contribution in [2.75, 3.05) is 7.11 Å². The number of hydrogen-bond acceptors (Lipinski definition) is 3. The van der Waals surface area contributed by atoms with Gasteiger partial charge in [-0.1, -0.05) is 48.9 Å². The van der Waals surface area contributed by atoms with Crippen molar-refractivity contribution in [2.45, 2.75) is 26.0 Å². The third-order valence-electron chi connectivity index (χ3n) is 3.41. The van der Waals surface area contributed by atoms with Crippen molar-refractivity contribution >= 4 is 17.5 Å². The Morgan fingerprint density at radius 1 is 1.13 bits per heavy atom. The fraction of sp³-hybridized carbons (Fsp3) is 0.278. The Hall–Kier alpha value is -2.20. The Balaban J connectivity index is 2.00. The molecule has 1 N–H and O–H groups in total. The molecule has 1 amide bonds. The highest BCUT2D eigenvalue weighted by Crippen LogP contribution is 2.27. The van der Waals surface area contributed by atoms with E-state index in [-0.39, 0.29) is 5.91 Å². The first-order chi connectivity index (χ1) is 11.2. The van der Waals surface area contributed by atoms with Crippen molar-refractivity contribution in [1.82, 2.24) is 5.32 Å². The smallest absolute Gasteiger partial charge is 0.261 e. The van der Waals surface area contributed by atoms with Gasteiger partial charge in [0.15, 0.2) is 17.6 Å². The third kappa shape index (κ3) is 4.63. The molecular weight excluding hydrogens is 314 g/mol. The van der Waals surface area contributed by atoms with Crippen LogP contribution in [-0.2, 0) is 11.3 Å². The van der Waals surface area contributed by atoms with Crippen molar-refractivity contribution in [3.8, 4) is 11.5 Å². The lowest BCUT2D eigenvalue weighted by atomic mass is 10.2. The van der Waals surface area contributed by atoms with Crippen molar-refractivity contribution < 1.29 is 14.3 Å². The van der Waals surface area contributed by atoms with E-state index in [1.165, 1.54) is 0 Å². The SMILES string of the molecule is CCC(Oc1ccccc1OC)C(=O)NCc1ccccc1Cl. The minimum absolute atomic E-state index is 0.182. The Morgan fingerprint density at radius 2 is 1.78 bits per heavy atom. The maximum Gasteiger partial charge on any atom is 0.261 e. The Kier molecular flexibility index (Phi) is 6.29. The summed E-state index contributed by atoms with van der Waals surface area (Å²) in [6, 6.07) is 14.7. The van der Waals surface area contributed by atoms with E-state index < -0.39 is 6.10 Å². The maximum absolute atomic E-state index is 12.3. The van der Waals surface area contributed by atoms with Crippen LogP contribution in [0.3, 0.4) is 0 Å². The number of rotatable bonds is 7. The van der Waals surface area contributed by atoms with Crippen LogP contribution in [0.25, 0.3) is 0 Å². The number of carbonyl (C=O) groups excluding carboxylic acids is 1. The molecule has 5 heteroatoms. The molecule has 0 fully saturated rings. The summed E-state index contributed by atoms with van der Waals surface area (Å²) in [6.45, 7) is 2.26. The second-order valence-electron chi connectivity index (χ2n) is 4.97. The van der Waals surface area contributed by atoms with E-state index in [9.17, 15) is 4.79 Å². The second-order valence-corrected chi connectivity index (χ2v) is 5.38. The van der Waals surface area contributed by atoms with Crippen molar-refractivity contribution in [3.63, 3.8) is 0 Å². The van der Waals surface area contributed by atoms with Crippen LogP contribution in [0.1, 0.15) is 18.9 Å². The zero-order valence-electron chi connectivity index (χ0n) is 13.2. The van der Waals surface area contributed by atoms with Crippen LogP contribution in [0.2, 0.25) is 5.02 Å². The number of nitrogens with one attached hydrogen (secondary N) is 1. The molecule has 0 heterocycles. The van der Waals surface area contributed by atoms with Gasteiger partial charge in [-0.25, -0.2) is 0 Å². The van der Waals surface area contributed by atoms with E-state index in [2.05, 4.69) is 5.32 Å². The monoisotopic (exact) mass is 333 g/mol. The molecule has 1 unspecified atom stereocenters. The molecule has 0 saturated carbocycles. The lowest BCUT2D eigenvalue weighted by molar-refractivity contribution is -0.128. The van der Waals surface area contributed by atoms with E-state index >= 15 is 0 Å². The van der Waals surface area contributed by atoms with Gasteiger partial charge in [-0.2, -0.15) is 0 Å². The fourth-order valence-electron chi connectivity index (χ4n) is 2.13. The van der Waals surface area contributed by atoms with E-state index in [4.69, 9.17) is 21.1 Å². The van der Waals surface area contributed by atoms with Gasteiger partial charge in [0.25, 0.3) is 5.91 Å². The number of amides is 1. The minimum Gasteiger partial charge on any atom is -0.493 e. The number of ether oxygens (including phenoxy) is 2. The topological polar surface area (TPSA) is 47.6 Å². The van der Waals surface area contributed by atoms with Gasteiger partial charge in [0, 0.05) is 11.6 Å². The van der Waals surface area contributed by atoms with Crippen molar-refractivity contribution in [3.05, 3.63) is 59.1 Å². The average Bonchev–Trinajstić information content (AvgIpc) is 2.59. The Bertz CT molecular complexity index is 660. The van der Waals surface area contributed by atoms with Gasteiger partial charge in [0.1, 0.15) is 0 Å². The van der Waals surface area contributed by atoms with E-state index in [1.54, 1.807) is 25.3 Å². The predicted molar refractivity (Wildman–Crippen MR) is 91.0 cm³/mol. The molecule has 0 spiro atoms. The molecular formula is C18H20ClNO3. The molecule has 0 aliphatic heterocycles. The predicted octanol–water partition coefficient (Wildman–Crippen LogP) is 3.82. The molecule has 0 aliphatic carbocycles. The molecule has 0 aromatic heterocycles. The number of methoxy groups -OCH3 is 1. The quantitative estimate of drug-likeness (QED) is 0.837. The van der Waals surface area contributed by atoms with Crippen LogP contribution in [0.5, 0.6) is 11.5 Å². The fourth-order valence-corrected chi connectivity index (χ4v) is 2.33. The van der Waals surface area contributed by atoms with E-state index in [1.807, 2.05) is 37.3 Å². The zero-order chi connectivity index (χ0) is 16.7. The highest BCUT2D eigenvalue weighted by atomic mass is 35.5. The maximum atomic E-state index is 12.3. The molecule has 0 aliphatic rings. The van der Waals surface area contributed by atoms with Gasteiger partial charge < -0.3 is 14.8 Å². The summed E-state index contributed by atoms with van der Waals surface area (Å²) in [4.78, 5) is 12.3. The summed E-state index contributed by atoms with van der Waals surface area (Å²) in [6.07, 6.45) is -0.0411. The first kappa shape index (κ1) is 17.2. The summed E-state index contributed by atoms with van der Waals surface area (Å²) in [5.74, 6) is 0.970. The van der Waals surface area contributed by atoms with Crippen LogP contribution in [-0.4, -0.2) is 19.1 Å². The van der Waals surface area contributed by atoms with Gasteiger partial charge in [0.2, 0.25) is 0 Å². The lowest BCUT2D eigenvalue weighted by Crippen LogP contribution is -2.37. The molecule has 0 radical (unpaired) electrons. The summed E-state index contributed by atoms with van der Waals surface area (Å²) < 4.78 is 11.0. The number of hydrogen-bond donors (Lipinski definition) is 1. The van der Waals surface area contributed by atoms with E-state index in [0.29, 0.717) is 29.5 Å². The molecule has 1 atom stereocenters. The summed E-state index contributed by atoms with van der Waals surface area (Å²) in [7, 11) is 1.57. The largest absolute Gasteiger partial charge is 0.493 e. The number of para-hydroxylation sites is 2. The Morgan fingerprint density at radius 3 is 2.43 bits per heavy atom. The van der Waals surface area contributed by atoms with Gasteiger partial charge >= 0.3 is 0 Å². The molecule has 0 saturated heterocycles. The van der Waals surface area contributed by atoms with Gasteiger partial charge in [-0.3, -0.25) is 4.79 Å². The second kappa shape index (κ2) is 8.44. The molecule has 23 heavy (non-hydrogen) atoms. The summed E-state index contributed by atoms with van der Waals surface area (Å²) >= 11 is 6.09. The molecule has 4 nitrogen and oxygen atoms in total. The summed E-state index contributed by atoms with van der Waals surface area (Å²) in [5.41, 5.74) is 0.870. The highest BCUT2D eigenvalue weighted by molar-refractivity contribution is 6.31. The molecule has 122 valence electrons. The van der Waals surface area contributed by atoms with Crippen LogP contribution in [0.4, 0.5) is 0 Å². The molecule has 2 aromatic carbocycles. The van der Waals surface area contributed by atoms with Crippen molar-refractivity contribution in [1.29, 1.82) is 0 Å². The minimum atomic E-state index is -0.589. The molecule has 0 bridgehead atoms. The number of benzene rings is 2. The standard InChI is InChI=1S/C18H20ClNO3/c1-3-15(23-17-11-7-6-10-16(17)22-2)18(21)20-12-13-8-4-5-9-14(13)19/h4-11,15H,3,12H2,1-2H3,(H,20,21). The zero-order valence-corrected chi connectivity index (χ0v) is 14.0. The van der Waals surface area contributed by atoms with Gasteiger partial charge in [0.05, 0.1) is 7.11 Å². The lowest BCUT2D eigenvalue weighted by Gasteiger charge is -2.19. The normalized spacial score (nSPS) is 11.6. The Labute approximate surface area is 141 Å². The van der Waals surface area contributed by atoms with Gasteiger partial charge in [-0.05, 0) is 30.2 Å². The highest BCUT2D eigenvalue weighted by Gasteiger charge is 2.19.